The Labute approximate surface area is 102 Å². The standard InChI is InChI=1S/C13H18N4/c1-6-7-17-10(4)12-11(8-14-17)16(5)15-13(12)9(2)3/h6,8-9H,1,4,7H2,2-3,5H3. The van der Waals surface area contributed by atoms with Gasteiger partial charge in [-0.2, -0.15) is 10.2 Å². The SMILES string of the molecule is C=CCN1N=Cc2c(c(C(C)C)nn2C)C1=C. The molecule has 4 nitrogen and oxygen atoms in total. The summed E-state index contributed by atoms with van der Waals surface area (Å²) in [5, 5.41) is 10.8. The second kappa shape index (κ2) is 4.20. The lowest BCUT2D eigenvalue weighted by molar-refractivity contribution is 0.467. The summed E-state index contributed by atoms with van der Waals surface area (Å²) in [7, 11) is 1.94. The molecule has 90 valence electrons. The second-order valence-corrected chi connectivity index (χ2v) is 4.49. The van der Waals surface area contributed by atoms with Crippen molar-refractivity contribution in [3.05, 3.63) is 36.2 Å². The van der Waals surface area contributed by atoms with Crippen molar-refractivity contribution in [3.63, 3.8) is 0 Å². The van der Waals surface area contributed by atoms with Gasteiger partial charge in [0.15, 0.2) is 0 Å². The Morgan fingerprint density at radius 1 is 1.47 bits per heavy atom. The van der Waals surface area contributed by atoms with Gasteiger partial charge in [0.05, 0.1) is 29.8 Å². The summed E-state index contributed by atoms with van der Waals surface area (Å²) >= 11 is 0. The van der Waals surface area contributed by atoms with Gasteiger partial charge < -0.3 is 0 Å². The van der Waals surface area contributed by atoms with Crippen LogP contribution in [0.4, 0.5) is 0 Å². The van der Waals surface area contributed by atoms with Gasteiger partial charge in [0.25, 0.3) is 0 Å². The molecule has 0 spiro atoms. The molecule has 1 aliphatic heterocycles. The smallest absolute Gasteiger partial charge is 0.0904 e. The number of fused-ring (bicyclic) bond motifs is 1. The van der Waals surface area contributed by atoms with Gasteiger partial charge in [0, 0.05) is 12.6 Å². The van der Waals surface area contributed by atoms with Crippen molar-refractivity contribution >= 4 is 11.9 Å². The van der Waals surface area contributed by atoms with Crippen LogP contribution in [0, 0.1) is 0 Å². The van der Waals surface area contributed by atoms with Gasteiger partial charge in [-0.1, -0.05) is 26.5 Å². The molecule has 0 radical (unpaired) electrons. The molecule has 0 unspecified atom stereocenters. The molecule has 0 aliphatic carbocycles. The van der Waals surface area contributed by atoms with E-state index in [1.54, 1.807) is 0 Å². The summed E-state index contributed by atoms with van der Waals surface area (Å²) in [6, 6.07) is 0. The number of hydrogen-bond acceptors (Lipinski definition) is 3. The van der Waals surface area contributed by atoms with E-state index in [1.165, 1.54) is 0 Å². The van der Waals surface area contributed by atoms with Gasteiger partial charge in [-0.3, -0.25) is 9.69 Å². The number of rotatable bonds is 3. The first-order valence-electron chi connectivity index (χ1n) is 5.74. The minimum Gasteiger partial charge on any atom is -0.266 e. The van der Waals surface area contributed by atoms with Crippen molar-refractivity contribution in [2.75, 3.05) is 6.54 Å². The van der Waals surface area contributed by atoms with Gasteiger partial charge in [-0.15, -0.1) is 6.58 Å². The van der Waals surface area contributed by atoms with Crippen molar-refractivity contribution < 1.29 is 0 Å². The third-order valence-corrected chi connectivity index (χ3v) is 2.89. The van der Waals surface area contributed by atoms with E-state index < -0.39 is 0 Å². The quantitative estimate of drug-likeness (QED) is 0.747. The van der Waals surface area contributed by atoms with Crippen LogP contribution in [-0.2, 0) is 7.05 Å². The summed E-state index contributed by atoms with van der Waals surface area (Å²) in [6.07, 6.45) is 3.66. The molecule has 0 saturated carbocycles. The summed E-state index contributed by atoms with van der Waals surface area (Å²) < 4.78 is 1.87. The summed E-state index contributed by atoms with van der Waals surface area (Å²) in [6.45, 7) is 12.8. The maximum absolute atomic E-state index is 4.55. The predicted octanol–water partition coefficient (Wildman–Crippen LogP) is 2.35. The molecule has 1 aliphatic rings. The highest BCUT2D eigenvalue weighted by Crippen LogP contribution is 2.31. The van der Waals surface area contributed by atoms with Crippen LogP contribution in [-0.4, -0.2) is 27.5 Å². The number of hydrogen-bond donors (Lipinski definition) is 0. The lowest BCUT2D eigenvalue weighted by Crippen LogP contribution is -2.21. The molecule has 1 aromatic rings. The fourth-order valence-corrected chi connectivity index (χ4v) is 2.01. The largest absolute Gasteiger partial charge is 0.266 e. The normalized spacial score (nSPS) is 14.4. The van der Waals surface area contributed by atoms with Crippen LogP contribution in [0.15, 0.2) is 24.3 Å². The minimum absolute atomic E-state index is 0.374. The molecule has 0 bridgehead atoms. The maximum Gasteiger partial charge on any atom is 0.0904 e. The predicted molar refractivity (Wildman–Crippen MR) is 70.8 cm³/mol. The van der Waals surface area contributed by atoms with E-state index in [4.69, 9.17) is 0 Å². The molecule has 2 rings (SSSR count). The molecule has 0 saturated heterocycles. The maximum atomic E-state index is 4.55. The third-order valence-electron chi connectivity index (χ3n) is 2.89. The van der Waals surface area contributed by atoms with E-state index in [2.05, 4.69) is 37.2 Å². The summed E-state index contributed by atoms with van der Waals surface area (Å²) in [5.41, 5.74) is 4.12. The topological polar surface area (TPSA) is 33.4 Å². The van der Waals surface area contributed by atoms with Crippen LogP contribution < -0.4 is 0 Å². The van der Waals surface area contributed by atoms with E-state index in [0.29, 0.717) is 12.5 Å². The van der Waals surface area contributed by atoms with E-state index >= 15 is 0 Å². The van der Waals surface area contributed by atoms with Crippen LogP contribution in [0.2, 0.25) is 0 Å². The monoisotopic (exact) mass is 230 g/mol. The zero-order valence-corrected chi connectivity index (χ0v) is 10.6. The Balaban J connectivity index is 2.52. The van der Waals surface area contributed by atoms with Crippen LogP contribution in [0.25, 0.3) is 5.70 Å². The van der Waals surface area contributed by atoms with Gasteiger partial charge in [-0.25, -0.2) is 0 Å². The van der Waals surface area contributed by atoms with Crippen molar-refractivity contribution in [2.24, 2.45) is 12.1 Å². The first kappa shape index (κ1) is 11.6. The fraction of sp³-hybridized carbons (Fsp3) is 0.385. The number of nitrogens with zero attached hydrogens (tertiary/aromatic N) is 4. The second-order valence-electron chi connectivity index (χ2n) is 4.49. The summed E-state index contributed by atoms with van der Waals surface area (Å²) in [5.74, 6) is 0.374. The Bertz CT molecular complexity index is 494. The van der Waals surface area contributed by atoms with Gasteiger partial charge in [0.1, 0.15) is 0 Å². The molecule has 0 atom stereocenters. The minimum atomic E-state index is 0.374. The molecule has 0 amide bonds. The van der Waals surface area contributed by atoms with Crippen molar-refractivity contribution in [1.29, 1.82) is 0 Å². The molecule has 17 heavy (non-hydrogen) atoms. The van der Waals surface area contributed by atoms with Crippen LogP contribution >= 0.6 is 0 Å². The first-order chi connectivity index (χ1) is 8.06. The average molecular weight is 230 g/mol. The molecule has 2 heterocycles. The molecular weight excluding hydrogens is 212 g/mol. The average Bonchev–Trinajstić information content (AvgIpc) is 2.61. The number of aromatic nitrogens is 2. The van der Waals surface area contributed by atoms with E-state index in [1.807, 2.05) is 29.0 Å². The number of aryl methyl sites for hydroxylation is 1. The first-order valence-corrected chi connectivity index (χ1v) is 5.74. The Hall–Kier alpha value is -1.84. The van der Waals surface area contributed by atoms with Gasteiger partial charge in [0.2, 0.25) is 0 Å². The highest BCUT2D eigenvalue weighted by molar-refractivity contribution is 5.89. The van der Waals surface area contributed by atoms with Gasteiger partial charge in [-0.05, 0) is 5.92 Å². The fourth-order valence-electron chi connectivity index (χ4n) is 2.01. The van der Waals surface area contributed by atoms with Crippen LogP contribution in [0.3, 0.4) is 0 Å². The molecule has 0 aromatic carbocycles. The third kappa shape index (κ3) is 1.79. The number of hydrazone groups is 1. The van der Waals surface area contributed by atoms with Gasteiger partial charge >= 0.3 is 0 Å². The van der Waals surface area contributed by atoms with Crippen molar-refractivity contribution in [1.82, 2.24) is 14.8 Å². The van der Waals surface area contributed by atoms with Crippen molar-refractivity contribution in [3.8, 4) is 0 Å². The Morgan fingerprint density at radius 2 is 2.18 bits per heavy atom. The Morgan fingerprint density at radius 3 is 2.76 bits per heavy atom. The summed E-state index contributed by atoms with van der Waals surface area (Å²) in [4.78, 5) is 0. The highest BCUT2D eigenvalue weighted by atomic mass is 15.5. The lowest BCUT2D eigenvalue weighted by Gasteiger charge is -2.24. The lowest BCUT2D eigenvalue weighted by atomic mass is 10.0. The van der Waals surface area contributed by atoms with Crippen molar-refractivity contribution in [2.45, 2.75) is 19.8 Å². The molecular formula is C13H18N4. The zero-order valence-electron chi connectivity index (χ0n) is 10.6. The molecule has 0 N–H and O–H groups in total. The molecule has 1 aromatic heterocycles. The van der Waals surface area contributed by atoms with E-state index in [0.717, 1.165) is 22.6 Å². The highest BCUT2D eigenvalue weighted by Gasteiger charge is 2.25. The van der Waals surface area contributed by atoms with E-state index in [9.17, 15) is 0 Å². The van der Waals surface area contributed by atoms with Crippen LogP contribution in [0.1, 0.15) is 36.7 Å². The molecule has 0 fully saturated rings. The van der Waals surface area contributed by atoms with Crippen LogP contribution in [0.5, 0.6) is 0 Å². The van der Waals surface area contributed by atoms with E-state index in [-0.39, 0.29) is 0 Å². The zero-order chi connectivity index (χ0) is 12.6. The Kier molecular flexibility index (Phi) is 2.88. The molecule has 4 heteroatoms.